The summed E-state index contributed by atoms with van der Waals surface area (Å²) in [4.78, 5) is 60.5. The van der Waals surface area contributed by atoms with Gasteiger partial charge in [-0.15, -0.1) is 0 Å². The fourth-order valence-corrected chi connectivity index (χ4v) is 7.04. The van der Waals surface area contributed by atoms with Gasteiger partial charge < -0.3 is 25.5 Å². The predicted octanol–water partition coefficient (Wildman–Crippen LogP) is 3.92. The molecule has 0 bridgehead atoms. The Morgan fingerprint density at radius 2 is 1.56 bits per heavy atom. The summed E-state index contributed by atoms with van der Waals surface area (Å²) in [7, 11) is 1.74. The van der Waals surface area contributed by atoms with E-state index < -0.39 is 29.6 Å². The van der Waals surface area contributed by atoms with Crippen molar-refractivity contribution in [2.75, 3.05) is 26.7 Å². The van der Waals surface area contributed by atoms with Crippen molar-refractivity contribution >= 4 is 23.6 Å². The average Bonchev–Trinajstić information content (AvgIpc) is 3.54. The third-order valence-corrected chi connectivity index (χ3v) is 9.85. The SMILES string of the molecule is C/C(=C\[C@H](C(C)C)N(C)C(=O)C(NC(=O)[C@H]1CCCCN1C(C)C)C(C)(C)C)C(=O)N1CCC[C@H]1C(=O)N[C@H](CO)Cc1ccccc1. The smallest absolute Gasteiger partial charge is 0.249 e. The largest absolute Gasteiger partial charge is 0.394 e. The summed E-state index contributed by atoms with van der Waals surface area (Å²) in [5.41, 5.74) is 0.924. The standard InChI is InChI=1S/C38H61N5O5/c1-25(2)32(41(9)37(48)33(38(6,7)8)40-35(46)30-18-13-14-20-42(30)26(3)4)22-27(5)36(47)43-21-15-19-31(43)34(45)39-29(24-44)23-28-16-11-10-12-17-28/h10-12,16-17,22,25-26,29-33,44H,13-15,18-21,23-24H2,1-9H3,(H,39,45)(H,40,46)/b27-22+/t29-,30+,31-,32+,33?/m0/s1. The van der Waals surface area contributed by atoms with Crippen LogP contribution < -0.4 is 10.6 Å². The molecule has 3 rings (SSSR count). The molecule has 0 radical (unpaired) electrons. The van der Waals surface area contributed by atoms with Crippen molar-refractivity contribution in [3.05, 3.63) is 47.5 Å². The molecule has 268 valence electrons. The Hall–Kier alpha value is -3.24. The Morgan fingerprint density at radius 3 is 2.15 bits per heavy atom. The average molecular weight is 668 g/mol. The van der Waals surface area contributed by atoms with E-state index in [9.17, 15) is 24.3 Å². The number of carbonyl (C=O) groups excluding carboxylic acids is 4. The number of hydrogen-bond donors (Lipinski definition) is 3. The Bertz CT molecular complexity index is 1270. The molecule has 1 unspecified atom stereocenters. The first-order valence-electron chi connectivity index (χ1n) is 17.8. The number of rotatable bonds is 13. The summed E-state index contributed by atoms with van der Waals surface area (Å²) in [6, 6.07) is 7.39. The zero-order valence-corrected chi connectivity index (χ0v) is 30.8. The summed E-state index contributed by atoms with van der Waals surface area (Å²) in [5.74, 6) is -0.846. The van der Waals surface area contributed by atoms with Crippen LogP contribution in [0, 0.1) is 11.3 Å². The van der Waals surface area contributed by atoms with Gasteiger partial charge in [0.05, 0.1) is 24.7 Å². The molecule has 1 aromatic carbocycles. The molecule has 2 saturated heterocycles. The molecule has 1 aromatic rings. The summed E-state index contributed by atoms with van der Waals surface area (Å²) in [6.45, 7) is 16.9. The van der Waals surface area contributed by atoms with E-state index >= 15 is 0 Å². The van der Waals surface area contributed by atoms with Crippen LogP contribution >= 0.6 is 0 Å². The van der Waals surface area contributed by atoms with Crippen molar-refractivity contribution < 1.29 is 24.3 Å². The molecule has 2 aliphatic rings. The fourth-order valence-electron chi connectivity index (χ4n) is 7.04. The quantitative estimate of drug-likeness (QED) is 0.274. The lowest BCUT2D eigenvalue weighted by molar-refractivity contribution is -0.142. The molecule has 0 aliphatic carbocycles. The number of aliphatic hydroxyl groups is 1. The Balaban J connectivity index is 1.75. The number of nitrogens with one attached hydrogen (secondary N) is 2. The molecule has 0 aromatic heterocycles. The van der Waals surface area contributed by atoms with Gasteiger partial charge >= 0.3 is 0 Å². The molecule has 0 saturated carbocycles. The van der Waals surface area contributed by atoms with Gasteiger partial charge in [0.2, 0.25) is 23.6 Å². The Morgan fingerprint density at radius 1 is 0.938 bits per heavy atom. The van der Waals surface area contributed by atoms with E-state index in [0.717, 1.165) is 31.4 Å². The normalized spacial score (nSPS) is 21.2. The number of benzene rings is 1. The minimum absolute atomic E-state index is 0.0197. The second-order valence-electron chi connectivity index (χ2n) is 15.4. The minimum Gasteiger partial charge on any atom is -0.394 e. The van der Waals surface area contributed by atoms with Crippen LogP contribution in [0.25, 0.3) is 0 Å². The second kappa shape index (κ2) is 17.4. The maximum absolute atomic E-state index is 14.2. The molecular formula is C38H61N5O5. The maximum atomic E-state index is 14.2. The number of nitrogens with zero attached hydrogens (tertiary/aromatic N) is 3. The molecule has 10 heteroatoms. The number of hydrogen-bond acceptors (Lipinski definition) is 6. The first kappa shape index (κ1) is 39.2. The van der Waals surface area contributed by atoms with Crippen molar-refractivity contribution in [3.63, 3.8) is 0 Å². The lowest BCUT2D eigenvalue weighted by Crippen LogP contribution is -2.60. The van der Waals surface area contributed by atoms with Gasteiger partial charge in [0.25, 0.3) is 0 Å². The van der Waals surface area contributed by atoms with Gasteiger partial charge in [0, 0.05) is 25.2 Å². The monoisotopic (exact) mass is 667 g/mol. The topological polar surface area (TPSA) is 122 Å². The van der Waals surface area contributed by atoms with Crippen molar-refractivity contribution in [1.82, 2.24) is 25.3 Å². The zero-order chi connectivity index (χ0) is 35.8. The summed E-state index contributed by atoms with van der Waals surface area (Å²) < 4.78 is 0. The van der Waals surface area contributed by atoms with Gasteiger partial charge in [-0.25, -0.2) is 0 Å². The van der Waals surface area contributed by atoms with E-state index in [1.807, 2.05) is 71.0 Å². The molecule has 0 spiro atoms. The van der Waals surface area contributed by atoms with E-state index in [1.54, 1.807) is 23.8 Å². The second-order valence-corrected chi connectivity index (χ2v) is 15.4. The number of likely N-dealkylation sites (N-methyl/N-ethyl adjacent to an activating group) is 1. The molecule has 5 atom stereocenters. The van der Waals surface area contributed by atoms with Gasteiger partial charge in [-0.05, 0) is 76.3 Å². The van der Waals surface area contributed by atoms with Crippen molar-refractivity contribution in [3.8, 4) is 0 Å². The van der Waals surface area contributed by atoms with Crippen molar-refractivity contribution in [2.24, 2.45) is 11.3 Å². The fraction of sp³-hybridized carbons (Fsp3) is 0.684. The number of carbonyl (C=O) groups is 4. The third-order valence-electron chi connectivity index (χ3n) is 9.85. The lowest BCUT2D eigenvalue weighted by Gasteiger charge is -2.41. The third kappa shape index (κ3) is 10.1. The first-order valence-corrected chi connectivity index (χ1v) is 17.8. The van der Waals surface area contributed by atoms with Gasteiger partial charge in [0.1, 0.15) is 12.1 Å². The van der Waals surface area contributed by atoms with E-state index in [2.05, 4.69) is 29.4 Å². The van der Waals surface area contributed by atoms with E-state index in [-0.39, 0.29) is 48.2 Å². The molecule has 10 nitrogen and oxygen atoms in total. The van der Waals surface area contributed by atoms with Crippen molar-refractivity contribution in [2.45, 2.75) is 130 Å². The van der Waals surface area contributed by atoms with E-state index in [1.165, 1.54) is 0 Å². The van der Waals surface area contributed by atoms with Gasteiger partial charge in [-0.1, -0.05) is 77.4 Å². The van der Waals surface area contributed by atoms with Crippen LogP contribution in [-0.4, -0.2) is 106 Å². The van der Waals surface area contributed by atoms with E-state index in [0.29, 0.717) is 31.4 Å². The number of piperidine rings is 1. The molecule has 2 aliphatic heterocycles. The highest BCUT2D eigenvalue weighted by Crippen LogP contribution is 2.27. The number of aliphatic hydroxyl groups excluding tert-OH is 1. The van der Waals surface area contributed by atoms with E-state index in [4.69, 9.17) is 0 Å². The highest BCUT2D eigenvalue weighted by molar-refractivity contribution is 5.97. The highest BCUT2D eigenvalue weighted by Gasteiger charge is 2.40. The first-order chi connectivity index (χ1) is 22.6. The minimum atomic E-state index is -0.751. The van der Waals surface area contributed by atoms with Gasteiger partial charge in [0.15, 0.2) is 0 Å². The van der Waals surface area contributed by atoms with Crippen LogP contribution in [0.15, 0.2) is 42.0 Å². The predicted molar refractivity (Wildman–Crippen MR) is 190 cm³/mol. The molecule has 2 heterocycles. The summed E-state index contributed by atoms with van der Waals surface area (Å²) >= 11 is 0. The van der Waals surface area contributed by atoms with Crippen LogP contribution in [0.1, 0.15) is 93.1 Å². The lowest BCUT2D eigenvalue weighted by atomic mass is 9.84. The van der Waals surface area contributed by atoms with Crippen LogP contribution in [0.5, 0.6) is 0 Å². The Labute approximate surface area is 288 Å². The molecule has 48 heavy (non-hydrogen) atoms. The molecule has 3 N–H and O–H groups in total. The molecular weight excluding hydrogens is 606 g/mol. The summed E-state index contributed by atoms with van der Waals surface area (Å²) in [6.07, 6.45) is 6.38. The van der Waals surface area contributed by atoms with Gasteiger partial charge in [-0.2, -0.15) is 0 Å². The summed E-state index contributed by atoms with van der Waals surface area (Å²) in [5, 5.41) is 16.1. The number of amides is 4. The van der Waals surface area contributed by atoms with Gasteiger partial charge in [-0.3, -0.25) is 24.1 Å². The Kier molecular flexibility index (Phi) is 14.2. The molecule has 2 fully saturated rings. The van der Waals surface area contributed by atoms with Crippen LogP contribution in [0.4, 0.5) is 0 Å². The highest BCUT2D eigenvalue weighted by atomic mass is 16.3. The maximum Gasteiger partial charge on any atom is 0.249 e. The van der Waals surface area contributed by atoms with Crippen molar-refractivity contribution in [1.29, 1.82) is 0 Å². The molecule has 4 amide bonds. The number of likely N-dealkylation sites (tertiary alicyclic amines) is 2. The van der Waals surface area contributed by atoms with Crippen LogP contribution in [0.3, 0.4) is 0 Å². The zero-order valence-electron chi connectivity index (χ0n) is 30.8. The van der Waals surface area contributed by atoms with Crippen LogP contribution in [-0.2, 0) is 25.6 Å². The van der Waals surface area contributed by atoms with Crippen LogP contribution in [0.2, 0.25) is 0 Å².